The zero-order valence-electron chi connectivity index (χ0n) is 17.4. The number of hydrogen-bond donors (Lipinski definition) is 1. The van der Waals surface area contributed by atoms with E-state index < -0.39 is 5.97 Å². The Morgan fingerprint density at radius 1 is 1.25 bits per heavy atom. The monoisotopic (exact) mass is 381 g/mol. The van der Waals surface area contributed by atoms with E-state index >= 15 is 0 Å². The summed E-state index contributed by atoms with van der Waals surface area (Å²) in [5.41, 5.74) is 4.71. The molecule has 4 heteroatoms. The summed E-state index contributed by atoms with van der Waals surface area (Å²) < 4.78 is 5.23. The third-order valence-electron chi connectivity index (χ3n) is 4.95. The van der Waals surface area contributed by atoms with Gasteiger partial charge < -0.3 is 9.84 Å². The van der Waals surface area contributed by atoms with Crippen molar-refractivity contribution in [3.05, 3.63) is 47.2 Å². The molecule has 1 aliphatic heterocycles. The number of carbonyl (C=O) groups is 1. The number of nitrogens with zero attached hydrogens (tertiary/aromatic N) is 1. The van der Waals surface area contributed by atoms with Crippen LogP contribution in [0.15, 0.2) is 30.5 Å². The minimum Gasteiger partial charge on any atom is -0.504 e. The fourth-order valence-corrected chi connectivity index (χ4v) is 3.49. The Labute approximate surface area is 168 Å². The van der Waals surface area contributed by atoms with Gasteiger partial charge in [-0.25, -0.2) is 0 Å². The van der Waals surface area contributed by atoms with Gasteiger partial charge in [0, 0.05) is 12.5 Å². The molecule has 3 rings (SSSR count). The molecule has 0 bridgehead atoms. The standard InChI is InChI=1S/C22H27NO.C2H4O2/c1-22(2,23-14-5-4-6-15-23)13-12-18-10-11-19-8-7-9-20(17-24-3)21(19)16-18;1-2(3)4/h7-8,10-11,16-17H,4-6,9,14-15H2,1-3H3;1H3,(H,3,4). The number of likely N-dealkylation sites (tertiary alicyclic amines) is 1. The molecule has 1 aromatic rings. The normalized spacial score (nSPS) is 17.6. The van der Waals surface area contributed by atoms with E-state index in [1.165, 1.54) is 36.0 Å². The number of rotatable bonds is 2. The smallest absolute Gasteiger partial charge is 0.300 e. The van der Waals surface area contributed by atoms with Crippen molar-refractivity contribution in [1.29, 1.82) is 0 Å². The fraction of sp³-hybridized carbons (Fsp3) is 0.458. The Bertz CT molecular complexity index is 799. The predicted octanol–water partition coefficient (Wildman–Crippen LogP) is 4.80. The molecule has 0 spiro atoms. The summed E-state index contributed by atoms with van der Waals surface area (Å²) in [6, 6.07) is 6.48. The molecule has 1 N–H and O–H groups in total. The van der Waals surface area contributed by atoms with Crippen LogP contribution >= 0.6 is 0 Å². The van der Waals surface area contributed by atoms with Crippen LogP contribution in [-0.4, -0.2) is 41.7 Å². The minimum atomic E-state index is -0.833. The Kier molecular flexibility index (Phi) is 7.90. The van der Waals surface area contributed by atoms with Crippen LogP contribution in [0, 0.1) is 11.8 Å². The van der Waals surface area contributed by atoms with Crippen LogP contribution in [0.4, 0.5) is 0 Å². The van der Waals surface area contributed by atoms with Crippen LogP contribution in [0.25, 0.3) is 11.6 Å². The lowest BCUT2D eigenvalue weighted by atomic mass is 9.91. The first-order chi connectivity index (χ1) is 13.3. The van der Waals surface area contributed by atoms with Crippen LogP contribution in [0.3, 0.4) is 0 Å². The summed E-state index contributed by atoms with van der Waals surface area (Å²) in [5, 5.41) is 7.42. The second-order valence-corrected chi connectivity index (χ2v) is 7.66. The number of aliphatic carboxylic acids is 1. The SMILES string of the molecule is CC(=O)O.COC=C1CC=Cc2ccc(C#CC(C)(C)N3CCCCC3)cc21. The molecule has 2 aliphatic rings. The van der Waals surface area contributed by atoms with Crippen LogP contribution in [-0.2, 0) is 9.53 Å². The van der Waals surface area contributed by atoms with Gasteiger partial charge in [-0.15, -0.1) is 0 Å². The molecule has 0 amide bonds. The first-order valence-electron chi connectivity index (χ1n) is 9.84. The highest BCUT2D eigenvalue weighted by molar-refractivity contribution is 5.79. The van der Waals surface area contributed by atoms with Gasteiger partial charge in [0.1, 0.15) is 0 Å². The van der Waals surface area contributed by atoms with Crippen molar-refractivity contribution in [2.24, 2.45) is 0 Å². The number of carboxylic acid groups (broad SMARTS) is 1. The highest BCUT2D eigenvalue weighted by Crippen LogP contribution is 2.29. The van der Waals surface area contributed by atoms with Gasteiger partial charge in [0.25, 0.3) is 5.97 Å². The predicted molar refractivity (Wildman–Crippen MR) is 115 cm³/mol. The molecule has 4 nitrogen and oxygen atoms in total. The van der Waals surface area contributed by atoms with Gasteiger partial charge in [-0.2, -0.15) is 0 Å². The molecule has 1 aromatic carbocycles. The molecule has 0 radical (unpaired) electrons. The summed E-state index contributed by atoms with van der Waals surface area (Å²) in [4.78, 5) is 11.5. The third-order valence-corrected chi connectivity index (χ3v) is 4.95. The summed E-state index contributed by atoms with van der Waals surface area (Å²) in [7, 11) is 1.70. The number of carboxylic acids is 1. The maximum atomic E-state index is 9.00. The van der Waals surface area contributed by atoms with E-state index in [-0.39, 0.29) is 5.54 Å². The lowest BCUT2D eigenvalue weighted by molar-refractivity contribution is -0.134. The number of ether oxygens (including phenoxy) is 1. The molecule has 28 heavy (non-hydrogen) atoms. The molecular formula is C24H31NO3. The Morgan fingerprint density at radius 2 is 1.93 bits per heavy atom. The van der Waals surface area contributed by atoms with E-state index in [4.69, 9.17) is 14.6 Å². The number of benzene rings is 1. The molecule has 1 fully saturated rings. The molecule has 150 valence electrons. The fourth-order valence-electron chi connectivity index (χ4n) is 3.49. The first-order valence-corrected chi connectivity index (χ1v) is 9.84. The molecule has 1 aliphatic carbocycles. The number of allylic oxidation sites excluding steroid dienone is 2. The van der Waals surface area contributed by atoms with Gasteiger partial charge in [-0.3, -0.25) is 9.69 Å². The average molecular weight is 382 g/mol. The van der Waals surface area contributed by atoms with Crippen LogP contribution in [0.5, 0.6) is 0 Å². The van der Waals surface area contributed by atoms with Crippen molar-refractivity contribution in [1.82, 2.24) is 4.90 Å². The van der Waals surface area contributed by atoms with Crippen molar-refractivity contribution < 1.29 is 14.6 Å². The summed E-state index contributed by atoms with van der Waals surface area (Å²) in [6.07, 6.45) is 11.1. The van der Waals surface area contributed by atoms with Crippen molar-refractivity contribution >= 4 is 17.6 Å². The Morgan fingerprint density at radius 3 is 2.57 bits per heavy atom. The summed E-state index contributed by atoms with van der Waals surface area (Å²) >= 11 is 0. The summed E-state index contributed by atoms with van der Waals surface area (Å²) in [6.45, 7) is 7.89. The second-order valence-electron chi connectivity index (χ2n) is 7.66. The number of hydrogen-bond acceptors (Lipinski definition) is 3. The highest BCUT2D eigenvalue weighted by Gasteiger charge is 2.25. The number of piperidine rings is 1. The number of methoxy groups -OCH3 is 1. The minimum absolute atomic E-state index is 0.0680. The lowest BCUT2D eigenvalue weighted by Gasteiger charge is -2.37. The van der Waals surface area contributed by atoms with Crippen molar-refractivity contribution in [3.8, 4) is 11.8 Å². The van der Waals surface area contributed by atoms with E-state index in [0.29, 0.717) is 0 Å². The zero-order chi connectivity index (χ0) is 20.6. The van der Waals surface area contributed by atoms with Crippen molar-refractivity contribution in [3.63, 3.8) is 0 Å². The van der Waals surface area contributed by atoms with Gasteiger partial charge in [0.05, 0.1) is 18.9 Å². The van der Waals surface area contributed by atoms with Crippen LogP contribution in [0.2, 0.25) is 0 Å². The van der Waals surface area contributed by atoms with Gasteiger partial charge in [0.15, 0.2) is 0 Å². The average Bonchev–Trinajstić information content (AvgIpc) is 2.67. The topological polar surface area (TPSA) is 49.8 Å². The molecule has 0 aromatic heterocycles. The van der Waals surface area contributed by atoms with Crippen LogP contribution in [0.1, 0.15) is 63.1 Å². The lowest BCUT2D eigenvalue weighted by Crippen LogP contribution is -2.45. The van der Waals surface area contributed by atoms with E-state index in [1.807, 2.05) is 6.26 Å². The molecule has 0 atom stereocenters. The van der Waals surface area contributed by atoms with E-state index in [0.717, 1.165) is 32.0 Å². The van der Waals surface area contributed by atoms with E-state index in [2.05, 4.69) is 60.9 Å². The quantitative estimate of drug-likeness (QED) is 0.591. The molecule has 1 heterocycles. The largest absolute Gasteiger partial charge is 0.504 e. The summed E-state index contributed by atoms with van der Waals surface area (Å²) in [5.74, 6) is 6.08. The van der Waals surface area contributed by atoms with Gasteiger partial charge >= 0.3 is 0 Å². The Balaban J connectivity index is 0.000000640. The number of fused-ring (bicyclic) bond motifs is 1. The molecule has 0 saturated carbocycles. The van der Waals surface area contributed by atoms with Crippen molar-refractivity contribution in [2.75, 3.05) is 20.2 Å². The van der Waals surface area contributed by atoms with Gasteiger partial charge in [0.2, 0.25) is 0 Å². The third kappa shape index (κ3) is 6.28. The van der Waals surface area contributed by atoms with Crippen molar-refractivity contribution in [2.45, 2.75) is 52.0 Å². The Hall–Kier alpha value is -2.51. The van der Waals surface area contributed by atoms with Gasteiger partial charge in [-0.1, -0.05) is 36.5 Å². The maximum Gasteiger partial charge on any atom is 0.300 e. The van der Waals surface area contributed by atoms with Gasteiger partial charge in [-0.05, 0) is 75.0 Å². The van der Waals surface area contributed by atoms with E-state index in [1.54, 1.807) is 7.11 Å². The highest BCUT2D eigenvalue weighted by atomic mass is 16.5. The zero-order valence-corrected chi connectivity index (χ0v) is 17.4. The second kappa shape index (κ2) is 10.1. The first kappa shape index (κ1) is 21.8. The van der Waals surface area contributed by atoms with Crippen LogP contribution < -0.4 is 0 Å². The maximum absolute atomic E-state index is 9.00. The van der Waals surface area contributed by atoms with E-state index in [9.17, 15) is 0 Å². The molecular weight excluding hydrogens is 350 g/mol. The molecule has 1 saturated heterocycles. The molecule has 0 unspecified atom stereocenters.